The van der Waals surface area contributed by atoms with E-state index >= 15 is 0 Å². The summed E-state index contributed by atoms with van der Waals surface area (Å²) in [5, 5.41) is 3.03. The van der Waals surface area contributed by atoms with Gasteiger partial charge in [0.2, 0.25) is 5.91 Å². The summed E-state index contributed by atoms with van der Waals surface area (Å²) in [6, 6.07) is 1.19. The Bertz CT molecular complexity index is 237. The first kappa shape index (κ1) is 12.5. The Morgan fingerprint density at radius 2 is 2.33 bits per heavy atom. The minimum Gasteiger partial charge on any atom is -0.418 e. The van der Waals surface area contributed by atoms with Gasteiger partial charge >= 0.3 is 0 Å². The van der Waals surface area contributed by atoms with Crippen LogP contribution in [0.15, 0.2) is 12.2 Å². The molecule has 1 amide bonds. The summed E-state index contributed by atoms with van der Waals surface area (Å²) in [4.78, 5) is 11.5. The van der Waals surface area contributed by atoms with Crippen molar-refractivity contribution in [3.05, 3.63) is 12.2 Å². The molecule has 0 aromatic heterocycles. The second-order valence-corrected chi connectivity index (χ2v) is 6.97. The molecule has 2 unspecified atom stereocenters. The molecule has 1 rings (SSSR count). The van der Waals surface area contributed by atoms with Crippen LogP contribution < -0.4 is 5.32 Å². The van der Waals surface area contributed by atoms with Gasteiger partial charge in [0.15, 0.2) is 9.04 Å². The highest BCUT2D eigenvalue weighted by Gasteiger charge is 2.26. The third-order valence-corrected chi connectivity index (χ3v) is 5.98. The zero-order valence-electron chi connectivity index (χ0n) is 9.71. The van der Waals surface area contributed by atoms with Gasteiger partial charge in [0, 0.05) is 17.8 Å². The number of carbonyl (C=O) groups excluding carboxylic acids is 1. The van der Waals surface area contributed by atoms with E-state index in [2.05, 4.69) is 18.8 Å². The Balaban J connectivity index is 2.46. The third kappa shape index (κ3) is 3.79. The van der Waals surface area contributed by atoms with E-state index in [9.17, 15) is 4.79 Å². The van der Waals surface area contributed by atoms with Crippen molar-refractivity contribution in [2.75, 3.05) is 6.61 Å². The zero-order chi connectivity index (χ0) is 11.3. The van der Waals surface area contributed by atoms with Crippen molar-refractivity contribution >= 4 is 14.9 Å². The molecule has 1 N–H and O–H groups in total. The second kappa shape index (κ2) is 6.08. The number of hydrogen-bond acceptors (Lipinski definition) is 2. The summed E-state index contributed by atoms with van der Waals surface area (Å²) in [7, 11) is -1.21. The molecular formula is C11H21NO2Si. The quantitative estimate of drug-likeness (QED) is 0.584. The molecule has 0 saturated carbocycles. The van der Waals surface area contributed by atoms with Crippen LogP contribution in [0.4, 0.5) is 0 Å². The number of rotatable bonds is 4. The van der Waals surface area contributed by atoms with E-state index in [-0.39, 0.29) is 11.6 Å². The fraction of sp³-hybridized carbons (Fsp3) is 0.727. The number of hydrogen-bond donors (Lipinski definition) is 1. The summed E-state index contributed by atoms with van der Waals surface area (Å²) in [6.45, 7) is 8.38. The Kier molecular flexibility index (Phi) is 5.05. The zero-order valence-corrected chi connectivity index (χ0v) is 10.9. The maximum atomic E-state index is 11.5. The van der Waals surface area contributed by atoms with E-state index in [1.165, 1.54) is 18.9 Å². The fourth-order valence-electron chi connectivity index (χ4n) is 1.83. The SMILES string of the molecule is C=C(C)C(=O)NC(CC)[SiH]1CCCCO1. The normalized spacial score (nSPS) is 23.2. The van der Waals surface area contributed by atoms with Crippen LogP contribution in [0, 0.1) is 0 Å². The topological polar surface area (TPSA) is 38.3 Å². The van der Waals surface area contributed by atoms with Crippen LogP contribution in [-0.4, -0.2) is 27.2 Å². The smallest absolute Gasteiger partial charge is 0.246 e. The standard InChI is InChI=1S/C11H21NO2Si/c1-4-10(12-11(13)9(2)3)15-8-6-5-7-14-15/h10,15H,2,4-8H2,1,3H3,(H,12,13). The average Bonchev–Trinajstić information content (AvgIpc) is 2.26. The molecule has 1 aliphatic rings. The fourth-order valence-corrected chi connectivity index (χ4v) is 4.66. The van der Waals surface area contributed by atoms with E-state index < -0.39 is 9.04 Å². The number of carbonyl (C=O) groups is 1. The summed E-state index contributed by atoms with van der Waals surface area (Å²) in [5.41, 5.74) is 0.854. The molecule has 0 aliphatic carbocycles. The predicted molar refractivity (Wildman–Crippen MR) is 64.2 cm³/mol. The van der Waals surface area contributed by atoms with Crippen molar-refractivity contribution in [1.82, 2.24) is 5.32 Å². The molecule has 0 radical (unpaired) electrons. The number of amides is 1. The van der Waals surface area contributed by atoms with Crippen molar-refractivity contribution in [3.63, 3.8) is 0 Å². The van der Waals surface area contributed by atoms with Crippen molar-refractivity contribution < 1.29 is 9.22 Å². The molecule has 2 atom stereocenters. The highest BCUT2D eigenvalue weighted by Crippen LogP contribution is 2.15. The molecule has 1 heterocycles. The summed E-state index contributed by atoms with van der Waals surface area (Å²) in [5.74, 6) is -0.0245. The molecule has 1 aliphatic heterocycles. The lowest BCUT2D eigenvalue weighted by Gasteiger charge is -2.29. The monoisotopic (exact) mass is 227 g/mol. The lowest BCUT2D eigenvalue weighted by Crippen LogP contribution is -2.48. The van der Waals surface area contributed by atoms with Gasteiger partial charge < -0.3 is 9.74 Å². The van der Waals surface area contributed by atoms with Gasteiger partial charge in [-0.15, -0.1) is 0 Å². The second-order valence-electron chi connectivity index (χ2n) is 4.17. The number of nitrogens with one attached hydrogen (secondary N) is 1. The first-order valence-electron chi connectivity index (χ1n) is 5.73. The van der Waals surface area contributed by atoms with E-state index in [0.29, 0.717) is 5.57 Å². The van der Waals surface area contributed by atoms with Crippen LogP contribution in [-0.2, 0) is 9.22 Å². The van der Waals surface area contributed by atoms with E-state index in [1.807, 2.05) is 0 Å². The first-order chi connectivity index (χ1) is 7.15. The molecule has 15 heavy (non-hydrogen) atoms. The van der Waals surface area contributed by atoms with Crippen LogP contribution in [0.3, 0.4) is 0 Å². The Hall–Kier alpha value is -0.613. The van der Waals surface area contributed by atoms with Gasteiger partial charge in [-0.05, 0) is 25.8 Å². The van der Waals surface area contributed by atoms with Gasteiger partial charge in [-0.25, -0.2) is 0 Å². The van der Waals surface area contributed by atoms with Crippen LogP contribution in [0.5, 0.6) is 0 Å². The van der Waals surface area contributed by atoms with E-state index in [4.69, 9.17) is 4.43 Å². The minimum absolute atomic E-state index is 0.0245. The van der Waals surface area contributed by atoms with Crippen molar-refractivity contribution in [2.45, 2.75) is 44.8 Å². The molecule has 0 aromatic carbocycles. The van der Waals surface area contributed by atoms with Crippen LogP contribution >= 0.6 is 0 Å². The average molecular weight is 227 g/mol. The van der Waals surface area contributed by atoms with Gasteiger partial charge in [-0.1, -0.05) is 19.9 Å². The largest absolute Gasteiger partial charge is 0.418 e. The first-order valence-corrected chi connectivity index (χ1v) is 7.68. The van der Waals surface area contributed by atoms with Gasteiger partial charge in [0.05, 0.1) is 0 Å². The third-order valence-electron chi connectivity index (χ3n) is 2.81. The molecule has 0 bridgehead atoms. The molecule has 0 aromatic rings. The van der Waals surface area contributed by atoms with Crippen molar-refractivity contribution in [2.24, 2.45) is 0 Å². The van der Waals surface area contributed by atoms with Crippen molar-refractivity contribution in [1.29, 1.82) is 0 Å². The van der Waals surface area contributed by atoms with Gasteiger partial charge in [-0.2, -0.15) is 0 Å². The highest BCUT2D eigenvalue weighted by molar-refractivity contribution is 6.54. The summed E-state index contributed by atoms with van der Waals surface area (Å²) in [6.07, 6.45) is 3.40. The molecule has 0 spiro atoms. The lowest BCUT2D eigenvalue weighted by molar-refractivity contribution is -0.117. The van der Waals surface area contributed by atoms with E-state index in [0.717, 1.165) is 13.0 Å². The Labute approximate surface area is 93.6 Å². The lowest BCUT2D eigenvalue weighted by atomic mass is 10.3. The molecule has 86 valence electrons. The molecule has 1 saturated heterocycles. The maximum Gasteiger partial charge on any atom is 0.246 e. The van der Waals surface area contributed by atoms with Crippen LogP contribution in [0.1, 0.15) is 33.1 Å². The molecule has 4 heteroatoms. The van der Waals surface area contributed by atoms with Crippen molar-refractivity contribution in [3.8, 4) is 0 Å². The molecule has 3 nitrogen and oxygen atoms in total. The van der Waals surface area contributed by atoms with Crippen LogP contribution in [0.25, 0.3) is 0 Å². The predicted octanol–water partition coefficient (Wildman–Crippen LogP) is 1.53. The van der Waals surface area contributed by atoms with Gasteiger partial charge in [0.25, 0.3) is 0 Å². The van der Waals surface area contributed by atoms with Gasteiger partial charge in [-0.3, -0.25) is 4.79 Å². The van der Waals surface area contributed by atoms with Crippen LogP contribution in [0.2, 0.25) is 6.04 Å². The maximum absolute atomic E-state index is 11.5. The Morgan fingerprint density at radius 3 is 2.80 bits per heavy atom. The molecular weight excluding hydrogens is 206 g/mol. The summed E-state index contributed by atoms with van der Waals surface area (Å²) < 4.78 is 5.81. The Morgan fingerprint density at radius 1 is 1.60 bits per heavy atom. The van der Waals surface area contributed by atoms with E-state index in [1.54, 1.807) is 6.92 Å². The van der Waals surface area contributed by atoms with Gasteiger partial charge in [0.1, 0.15) is 0 Å². The minimum atomic E-state index is -1.21. The highest BCUT2D eigenvalue weighted by atomic mass is 28.3. The summed E-state index contributed by atoms with van der Waals surface area (Å²) >= 11 is 0. The molecule has 1 fully saturated rings.